The van der Waals surface area contributed by atoms with Gasteiger partial charge >= 0.3 is 0 Å². The Bertz CT molecular complexity index is 930. The molecule has 0 unspecified atom stereocenters. The van der Waals surface area contributed by atoms with Gasteiger partial charge in [0, 0.05) is 37.0 Å². The molecular formula is C20H18N4O. The zero-order chi connectivity index (χ0) is 17.5. The van der Waals surface area contributed by atoms with Gasteiger partial charge in [-0.25, -0.2) is 9.97 Å². The number of anilines is 1. The summed E-state index contributed by atoms with van der Waals surface area (Å²) in [5.74, 6) is 4.00. The first-order valence-electron chi connectivity index (χ1n) is 7.89. The predicted molar refractivity (Wildman–Crippen MR) is 101 cm³/mol. The molecule has 0 aliphatic heterocycles. The fourth-order valence-electron chi connectivity index (χ4n) is 2.36. The van der Waals surface area contributed by atoms with Crippen LogP contribution in [0, 0.1) is 12.3 Å². The molecule has 25 heavy (non-hydrogen) atoms. The molecule has 1 N–H and O–H groups in total. The standard InChI is InChI=1S/C20H18N4O/c1-3-15-6-8-18-17(13-15)20(22-11-12-25-2)24-19(23-18)9-7-16-5-4-10-21-14-16/h1,4-10,13-14H,11-12H2,2H3,(H,22,23,24). The minimum absolute atomic E-state index is 0.585. The van der Waals surface area contributed by atoms with Crippen molar-refractivity contribution in [3.8, 4) is 12.3 Å². The third-order valence-electron chi connectivity index (χ3n) is 3.59. The van der Waals surface area contributed by atoms with Crippen molar-refractivity contribution in [3.63, 3.8) is 0 Å². The molecule has 0 amide bonds. The molecule has 0 bridgehead atoms. The van der Waals surface area contributed by atoms with E-state index < -0.39 is 0 Å². The molecule has 3 rings (SSSR count). The zero-order valence-corrected chi connectivity index (χ0v) is 13.9. The van der Waals surface area contributed by atoms with Crippen LogP contribution in [0.3, 0.4) is 0 Å². The molecule has 2 aromatic heterocycles. The van der Waals surface area contributed by atoms with E-state index in [9.17, 15) is 0 Å². The molecule has 0 saturated heterocycles. The van der Waals surface area contributed by atoms with Gasteiger partial charge in [0.1, 0.15) is 5.82 Å². The SMILES string of the molecule is C#Cc1ccc2nc(C=Cc3cccnc3)nc(NCCOC)c2c1. The number of pyridine rings is 1. The lowest BCUT2D eigenvalue weighted by Gasteiger charge is -2.10. The van der Waals surface area contributed by atoms with Gasteiger partial charge in [0.05, 0.1) is 12.1 Å². The minimum Gasteiger partial charge on any atom is -0.383 e. The second-order valence-corrected chi connectivity index (χ2v) is 5.35. The van der Waals surface area contributed by atoms with Crippen LogP contribution in [0.4, 0.5) is 5.82 Å². The van der Waals surface area contributed by atoms with Crippen molar-refractivity contribution < 1.29 is 4.74 Å². The van der Waals surface area contributed by atoms with Crippen molar-refractivity contribution in [2.45, 2.75) is 0 Å². The van der Waals surface area contributed by atoms with E-state index in [1.165, 1.54) is 0 Å². The van der Waals surface area contributed by atoms with Crippen LogP contribution in [0.5, 0.6) is 0 Å². The number of ether oxygens (including phenoxy) is 1. The van der Waals surface area contributed by atoms with E-state index in [0.717, 1.165) is 27.8 Å². The summed E-state index contributed by atoms with van der Waals surface area (Å²) >= 11 is 0. The quantitative estimate of drug-likeness (QED) is 0.555. The molecule has 0 aliphatic carbocycles. The van der Waals surface area contributed by atoms with Crippen molar-refractivity contribution in [1.29, 1.82) is 0 Å². The molecule has 124 valence electrons. The Morgan fingerprint density at radius 2 is 2.16 bits per heavy atom. The van der Waals surface area contributed by atoms with Crippen LogP contribution < -0.4 is 5.32 Å². The molecule has 0 saturated carbocycles. The predicted octanol–water partition coefficient (Wildman–Crippen LogP) is 3.23. The van der Waals surface area contributed by atoms with Gasteiger partial charge < -0.3 is 10.1 Å². The third kappa shape index (κ3) is 4.19. The lowest BCUT2D eigenvalue weighted by atomic mass is 10.1. The van der Waals surface area contributed by atoms with Crippen LogP contribution in [-0.4, -0.2) is 35.2 Å². The average molecular weight is 330 g/mol. The number of nitrogens with zero attached hydrogens (tertiary/aromatic N) is 3. The second-order valence-electron chi connectivity index (χ2n) is 5.35. The Labute approximate surface area is 146 Å². The number of nitrogens with one attached hydrogen (secondary N) is 1. The molecule has 5 heteroatoms. The number of terminal acetylenes is 1. The summed E-state index contributed by atoms with van der Waals surface area (Å²) in [5.41, 5.74) is 2.62. The number of methoxy groups -OCH3 is 1. The van der Waals surface area contributed by atoms with Gasteiger partial charge in [-0.3, -0.25) is 4.98 Å². The summed E-state index contributed by atoms with van der Waals surface area (Å²) in [7, 11) is 1.66. The summed E-state index contributed by atoms with van der Waals surface area (Å²) < 4.78 is 5.10. The fraction of sp³-hybridized carbons (Fsp3) is 0.150. The molecule has 2 heterocycles. The average Bonchev–Trinajstić information content (AvgIpc) is 2.67. The monoisotopic (exact) mass is 330 g/mol. The van der Waals surface area contributed by atoms with Gasteiger partial charge in [-0.05, 0) is 42.0 Å². The maximum absolute atomic E-state index is 5.51. The second kappa shape index (κ2) is 8.04. The lowest BCUT2D eigenvalue weighted by molar-refractivity contribution is 0.210. The van der Waals surface area contributed by atoms with E-state index in [0.29, 0.717) is 19.0 Å². The number of benzene rings is 1. The van der Waals surface area contributed by atoms with Crippen molar-refractivity contribution in [2.75, 3.05) is 25.6 Å². The summed E-state index contributed by atoms with van der Waals surface area (Å²) in [6, 6.07) is 9.57. The maximum atomic E-state index is 5.51. The number of hydrogen-bond acceptors (Lipinski definition) is 5. The summed E-state index contributed by atoms with van der Waals surface area (Å²) in [6.45, 7) is 1.23. The van der Waals surface area contributed by atoms with E-state index in [1.54, 1.807) is 19.5 Å². The Hall–Kier alpha value is -3.23. The highest BCUT2D eigenvalue weighted by atomic mass is 16.5. The van der Waals surface area contributed by atoms with Crippen molar-refractivity contribution in [1.82, 2.24) is 15.0 Å². The first-order chi connectivity index (χ1) is 12.3. The normalized spacial score (nSPS) is 10.9. The third-order valence-corrected chi connectivity index (χ3v) is 3.59. The van der Waals surface area contributed by atoms with E-state index in [1.807, 2.05) is 42.5 Å². The van der Waals surface area contributed by atoms with E-state index in [4.69, 9.17) is 11.2 Å². The highest BCUT2D eigenvalue weighted by Crippen LogP contribution is 2.22. The van der Waals surface area contributed by atoms with Crippen LogP contribution in [0.15, 0.2) is 42.7 Å². The summed E-state index contributed by atoms with van der Waals surface area (Å²) in [4.78, 5) is 13.3. The topological polar surface area (TPSA) is 59.9 Å². The Kier molecular flexibility index (Phi) is 5.35. The van der Waals surface area contributed by atoms with Gasteiger partial charge in [-0.2, -0.15) is 0 Å². The zero-order valence-electron chi connectivity index (χ0n) is 13.9. The van der Waals surface area contributed by atoms with Crippen molar-refractivity contribution in [3.05, 3.63) is 59.7 Å². The van der Waals surface area contributed by atoms with Crippen LogP contribution in [0.1, 0.15) is 17.0 Å². The Morgan fingerprint density at radius 1 is 1.24 bits per heavy atom. The number of aromatic nitrogens is 3. The molecule has 0 spiro atoms. The summed E-state index contributed by atoms with van der Waals surface area (Å²) in [5, 5.41) is 4.18. The largest absolute Gasteiger partial charge is 0.383 e. The van der Waals surface area contributed by atoms with Gasteiger partial charge in [-0.1, -0.05) is 12.0 Å². The van der Waals surface area contributed by atoms with E-state index in [-0.39, 0.29) is 0 Å². The maximum Gasteiger partial charge on any atom is 0.154 e. The first-order valence-corrected chi connectivity index (χ1v) is 7.89. The van der Waals surface area contributed by atoms with Gasteiger partial charge in [-0.15, -0.1) is 6.42 Å². The van der Waals surface area contributed by atoms with Crippen LogP contribution in [0.2, 0.25) is 0 Å². The molecule has 0 atom stereocenters. The van der Waals surface area contributed by atoms with E-state index >= 15 is 0 Å². The fourth-order valence-corrected chi connectivity index (χ4v) is 2.36. The smallest absolute Gasteiger partial charge is 0.154 e. The van der Waals surface area contributed by atoms with Crippen LogP contribution >= 0.6 is 0 Å². The first kappa shape index (κ1) is 16.6. The minimum atomic E-state index is 0.585. The van der Waals surface area contributed by atoms with Crippen molar-refractivity contribution in [2.24, 2.45) is 0 Å². The molecule has 3 aromatic rings. The Balaban J connectivity index is 1.99. The van der Waals surface area contributed by atoms with Gasteiger partial charge in [0.2, 0.25) is 0 Å². The molecule has 0 radical (unpaired) electrons. The van der Waals surface area contributed by atoms with Crippen LogP contribution in [-0.2, 0) is 4.74 Å². The Morgan fingerprint density at radius 3 is 2.92 bits per heavy atom. The van der Waals surface area contributed by atoms with Gasteiger partial charge in [0.25, 0.3) is 0 Å². The molecular weight excluding hydrogens is 312 g/mol. The van der Waals surface area contributed by atoms with Gasteiger partial charge in [0.15, 0.2) is 5.82 Å². The highest BCUT2D eigenvalue weighted by molar-refractivity contribution is 5.91. The van der Waals surface area contributed by atoms with Crippen LogP contribution in [0.25, 0.3) is 23.1 Å². The summed E-state index contributed by atoms with van der Waals surface area (Å²) in [6.07, 6.45) is 12.8. The lowest BCUT2D eigenvalue weighted by Crippen LogP contribution is -2.10. The van der Waals surface area contributed by atoms with Crippen molar-refractivity contribution >= 4 is 28.9 Å². The van der Waals surface area contributed by atoms with E-state index in [2.05, 4.69) is 26.2 Å². The number of fused-ring (bicyclic) bond motifs is 1. The molecule has 5 nitrogen and oxygen atoms in total. The molecule has 1 aromatic carbocycles. The molecule has 0 aliphatic rings. The molecule has 0 fully saturated rings. The number of hydrogen-bond donors (Lipinski definition) is 1. The number of rotatable bonds is 6. The highest BCUT2D eigenvalue weighted by Gasteiger charge is 2.07.